The highest BCUT2D eigenvalue weighted by Crippen LogP contribution is 2.29. The van der Waals surface area contributed by atoms with E-state index in [0.29, 0.717) is 11.8 Å². The van der Waals surface area contributed by atoms with Crippen LogP contribution in [0, 0.1) is 5.92 Å². The fraction of sp³-hybridized carbons (Fsp3) is 0.556. The summed E-state index contributed by atoms with van der Waals surface area (Å²) in [6.07, 6.45) is 3.40. The van der Waals surface area contributed by atoms with E-state index in [1.165, 1.54) is 11.9 Å². The Morgan fingerprint density at radius 3 is 2.57 bits per heavy atom. The summed E-state index contributed by atoms with van der Waals surface area (Å²) in [5, 5.41) is 0. The number of imidazole rings is 1. The van der Waals surface area contributed by atoms with Crippen molar-refractivity contribution in [3.63, 3.8) is 0 Å². The number of benzene rings is 1. The van der Waals surface area contributed by atoms with Crippen molar-refractivity contribution in [3.05, 3.63) is 24.3 Å². The van der Waals surface area contributed by atoms with E-state index in [0.717, 1.165) is 57.0 Å². The Morgan fingerprint density at radius 2 is 1.91 bits per heavy atom. The highest BCUT2D eigenvalue weighted by atomic mass is 16.2. The number of fused-ring (bicyclic) bond motifs is 1. The molecular weight excluding hydrogens is 288 g/mol. The first kappa shape index (κ1) is 14.5. The van der Waals surface area contributed by atoms with Gasteiger partial charge in [-0.15, -0.1) is 0 Å². The minimum atomic E-state index is 0.307. The minimum absolute atomic E-state index is 0.307. The molecule has 23 heavy (non-hydrogen) atoms. The van der Waals surface area contributed by atoms with Crippen LogP contribution in [0.1, 0.15) is 26.2 Å². The molecule has 5 nitrogen and oxygen atoms in total. The summed E-state index contributed by atoms with van der Waals surface area (Å²) < 4.78 is 2.28. The first-order valence-electron chi connectivity index (χ1n) is 8.77. The Morgan fingerprint density at radius 1 is 1.17 bits per heavy atom. The summed E-state index contributed by atoms with van der Waals surface area (Å²) in [6.45, 7) is 6.47. The molecule has 2 heterocycles. The normalized spacial score (nSPS) is 19.2. The van der Waals surface area contributed by atoms with Crippen LogP contribution in [0.15, 0.2) is 24.3 Å². The second kappa shape index (κ2) is 5.87. The van der Waals surface area contributed by atoms with E-state index in [1.807, 2.05) is 6.07 Å². The van der Waals surface area contributed by atoms with Crippen LogP contribution in [0.2, 0.25) is 0 Å². The topological polar surface area (TPSA) is 41.4 Å². The van der Waals surface area contributed by atoms with E-state index in [4.69, 9.17) is 4.98 Å². The number of amides is 1. The van der Waals surface area contributed by atoms with Crippen molar-refractivity contribution in [1.29, 1.82) is 0 Å². The van der Waals surface area contributed by atoms with Crippen molar-refractivity contribution in [1.82, 2.24) is 14.5 Å². The summed E-state index contributed by atoms with van der Waals surface area (Å²) in [7, 11) is 0. The molecule has 5 heteroatoms. The van der Waals surface area contributed by atoms with Crippen molar-refractivity contribution in [3.8, 4) is 0 Å². The molecule has 2 aromatic rings. The molecular formula is C18H24N4O. The maximum Gasteiger partial charge on any atom is 0.225 e. The highest BCUT2D eigenvalue weighted by molar-refractivity contribution is 5.80. The van der Waals surface area contributed by atoms with E-state index in [-0.39, 0.29) is 0 Å². The van der Waals surface area contributed by atoms with Gasteiger partial charge in [0.25, 0.3) is 0 Å². The lowest BCUT2D eigenvalue weighted by atomic mass is 9.84. The SMILES string of the molecule is CCn1c(N2CCN(C(=O)C3CCC3)CC2)nc2ccccc21. The number of para-hydroxylation sites is 2. The largest absolute Gasteiger partial charge is 0.339 e. The number of rotatable bonds is 3. The number of nitrogens with zero attached hydrogens (tertiary/aromatic N) is 4. The Kier molecular flexibility index (Phi) is 3.71. The second-order valence-corrected chi connectivity index (χ2v) is 6.58. The Balaban J connectivity index is 1.51. The van der Waals surface area contributed by atoms with Gasteiger partial charge in [-0.05, 0) is 31.9 Å². The van der Waals surface area contributed by atoms with Crippen LogP contribution in [0.5, 0.6) is 0 Å². The van der Waals surface area contributed by atoms with Gasteiger partial charge in [0, 0.05) is 38.6 Å². The molecule has 0 radical (unpaired) electrons. The molecule has 1 amide bonds. The fourth-order valence-electron chi connectivity index (χ4n) is 3.66. The molecule has 1 aliphatic carbocycles. The summed E-state index contributed by atoms with van der Waals surface area (Å²) in [5.74, 6) is 1.73. The fourth-order valence-corrected chi connectivity index (χ4v) is 3.66. The van der Waals surface area contributed by atoms with Crippen molar-refractivity contribution < 1.29 is 4.79 Å². The maximum absolute atomic E-state index is 12.4. The van der Waals surface area contributed by atoms with Crippen LogP contribution in [0.25, 0.3) is 11.0 Å². The molecule has 4 rings (SSSR count). The van der Waals surface area contributed by atoms with Crippen molar-refractivity contribution in [2.75, 3.05) is 31.1 Å². The van der Waals surface area contributed by atoms with E-state index in [1.54, 1.807) is 0 Å². The van der Waals surface area contributed by atoms with Gasteiger partial charge in [0.1, 0.15) is 0 Å². The number of aryl methyl sites for hydroxylation is 1. The van der Waals surface area contributed by atoms with E-state index in [2.05, 4.69) is 39.5 Å². The molecule has 1 aromatic carbocycles. The van der Waals surface area contributed by atoms with Crippen LogP contribution in [-0.4, -0.2) is 46.5 Å². The maximum atomic E-state index is 12.4. The Labute approximate surface area is 136 Å². The van der Waals surface area contributed by atoms with Crippen LogP contribution < -0.4 is 4.90 Å². The lowest BCUT2D eigenvalue weighted by molar-refractivity contribution is -0.138. The molecule has 1 saturated heterocycles. The zero-order chi connectivity index (χ0) is 15.8. The predicted molar refractivity (Wildman–Crippen MR) is 91.5 cm³/mol. The second-order valence-electron chi connectivity index (χ2n) is 6.58. The average molecular weight is 312 g/mol. The smallest absolute Gasteiger partial charge is 0.225 e. The standard InChI is InChI=1S/C18H24N4O/c1-2-22-16-9-4-3-8-15(16)19-18(22)21-12-10-20(11-13-21)17(23)14-6-5-7-14/h3-4,8-9,14H,2,5-7,10-13H2,1H3. The van der Waals surface area contributed by atoms with Gasteiger partial charge in [-0.1, -0.05) is 18.6 Å². The van der Waals surface area contributed by atoms with Crippen LogP contribution in [0.4, 0.5) is 5.95 Å². The zero-order valence-electron chi connectivity index (χ0n) is 13.7. The van der Waals surface area contributed by atoms with Crippen molar-refractivity contribution in [2.24, 2.45) is 5.92 Å². The molecule has 1 aromatic heterocycles. The number of anilines is 1. The third-order valence-electron chi connectivity index (χ3n) is 5.28. The third kappa shape index (κ3) is 2.48. The number of hydrogen-bond acceptors (Lipinski definition) is 3. The Hall–Kier alpha value is -2.04. The van der Waals surface area contributed by atoms with Gasteiger partial charge >= 0.3 is 0 Å². The summed E-state index contributed by atoms with van der Waals surface area (Å²) in [6, 6.07) is 8.30. The summed E-state index contributed by atoms with van der Waals surface area (Å²) in [4.78, 5) is 21.6. The zero-order valence-corrected chi connectivity index (χ0v) is 13.7. The van der Waals surface area contributed by atoms with Gasteiger partial charge in [0.2, 0.25) is 11.9 Å². The van der Waals surface area contributed by atoms with Crippen molar-refractivity contribution in [2.45, 2.75) is 32.7 Å². The Bertz CT molecular complexity index is 711. The molecule has 122 valence electrons. The number of carbonyl (C=O) groups excluding carboxylic acids is 1. The first-order chi connectivity index (χ1) is 11.3. The lowest BCUT2D eigenvalue weighted by Crippen LogP contribution is -2.51. The molecule has 0 N–H and O–H groups in total. The molecule has 1 saturated carbocycles. The number of hydrogen-bond donors (Lipinski definition) is 0. The van der Waals surface area contributed by atoms with Gasteiger partial charge in [-0.25, -0.2) is 4.98 Å². The van der Waals surface area contributed by atoms with Crippen molar-refractivity contribution >= 4 is 22.9 Å². The van der Waals surface area contributed by atoms with Gasteiger partial charge in [0.15, 0.2) is 0 Å². The molecule has 0 atom stereocenters. The van der Waals surface area contributed by atoms with Crippen LogP contribution in [-0.2, 0) is 11.3 Å². The molecule has 2 aliphatic rings. The predicted octanol–water partition coefficient (Wildman–Crippen LogP) is 2.50. The summed E-state index contributed by atoms with van der Waals surface area (Å²) >= 11 is 0. The minimum Gasteiger partial charge on any atom is -0.339 e. The average Bonchev–Trinajstić information content (AvgIpc) is 2.92. The van der Waals surface area contributed by atoms with Gasteiger partial charge < -0.3 is 14.4 Å². The number of piperazine rings is 1. The monoisotopic (exact) mass is 312 g/mol. The lowest BCUT2D eigenvalue weighted by Gasteiger charge is -2.38. The van der Waals surface area contributed by atoms with E-state index in [9.17, 15) is 4.79 Å². The van der Waals surface area contributed by atoms with E-state index >= 15 is 0 Å². The van der Waals surface area contributed by atoms with Gasteiger partial charge in [0.05, 0.1) is 11.0 Å². The summed E-state index contributed by atoms with van der Waals surface area (Å²) in [5.41, 5.74) is 2.25. The number of aromatic nitrogens is 2. The molecule has 0 bridgehead atoms. The van der Waals surface area contributed by atoms with Gasteiger partial charge in [-0.2, -0.15) is 0 Å². The quantitative estimate of drug-likeness (QED) is 0.874. The first-order valence-corrected chi connectivity index (χ1v) is 8.77. The molecule has 1 aliphatic heterocycles. The van der Waals surface area contributed by atoms with E-state index < -0.39 is 0 Å². The highest BCUT2D eigenvalue weighted by Gasteiger charge is 2.31. The molecule has 2 fully saturated rings. The molecule has 0 unspecified atom stereocenters. The van der Waals surface area contributed by atoms with Crippen LogP contribution >= 0.6 is 0 Å². The molecule has 0 spiro atoms. The van der Waals surface area contributed by atoms with Crippen LogP contribution in [0.3, 0.4) is 0 Å². The number of carbonyl (C=O) groups is 1. The van der Waals surface area contributed by atoms with Gasteiger partial charge in [-0.3, -0.25) is 4.79 Å². The third-order valence-corrected chi connectivity index (χ3v) is 5.28.